The second-order valence-corrected chi connectivity index (χ2v) is 14.0. The van der Waals surface area contributed by atoms with E-state index in [-0.39, 0.29) is 48.1 Å². The molecule has 5 aliphatic rings. The Morgan fingerprint density at radius 2 is 1.89 bits per heavy atom. The second-order valence-electron chi connectivity index (χ2n) is 14.0. The molecule has 4 saturated carbocycles. The second kappa shape index (κ2) is 11.1. The number of imidazole rings is 1. The number of ether oxygens (including phenoxy) is 1. The van der Waals surface area contributed by atoms with E-state index in [0.717, 1.165) is 12.0 Å². The number of nitrogens with zero attached hydrogens (tertiary/aromatic N) is 3. The Bertz CT molecular complexity index is 1610. The molecule has 7 rings (SSSR count). The Kier molecular flexibility index (Phi) is 7.41. The Balaban J connectivity index is 1.15. The molecule has 0 radical (unpaired) electrons. The molecule has 8 unspecified atom stereocenters. The SMILES string of the molecule is CC12CCC3C(CCC4(O)CC(O)CCC34C=NNC(=O)c3nc[nH]c3C(=O)Nc3ccccn3)C1(O)CCC2C1=CC(=O)OC1. The van der Waals surface area contributed by atoms with Gasteiger partial charge in [0.25, 0.3) is 11.8 Å². The third-order valence-corrected chi connectivity index (χ3v) is 12.1. The summed E-state index contributed by atoms with van der Waals surface area (Å²) in [4.78, 5) is 48.8. The van der Waals surface area contributed by atoms with Gasteiger partial charge in [0.05, 0.1) is 23.6 Å². The number of nitrogens with one attached hydrogen (secondary N) is 3. The third-order valence-electron chi connectivity index (χ3n) is 12.1. The molecule has 2 aromatic heterocycles. The van der Waals surface area contributed by atoms with Crippen molar-refractivity contribution in [3.8, 4) is 0 Å². The van der Waals surface area contributed by atoms with Gasteiger partial charge in [-0.3, -0.25) is 9.59 Å². The van der Waals surface area contributed by atoms with Gasteiger partial charge in [0.15, 0.2) is 5.69 Å². The highest BCUT2D eigenvalue weighted by Gasteiger charge is 2.71. The van der Waals surface area contributed by atoms with E-state index in [1.807, 2.05) is 0 Å². The number of hydrogen-bond donors (Lipinski definition) is 6. The van der Waals surface area contributed by atoms with E-state index in [9.17, 15) is 29.7 Å². The lowest BCUT2D eigenvalue weighted by atomic mass is 9.41. The summed E-state index contributed by atoms with van der Waals surface area (Å²) in [5.74, 6) is -1.59. The maximum absolute atomic E-state index is 13.2. The van der Waals surface area contributed by atoms with Gasteiger partial charge < -0.3 is 30.4 Å². The minimum atomic E-state index is -1.28. The minimum Gasteiger partial charge on any atom is -0.458 e. The zero-order chi connectivity index (χ0) is 32.3. The molecule has 0 bridgehead atoms. The molecule has 0 saturated heterocycles. The molecule has 244 valence electrons. The van der Waals surface area contributed by atoms with Crippen LogP contribution in [0.15, 0.2) is 47.5 Å². The van der Waals surface area contributed by atoms with Gasteiger partial charge in [0.2, 0.25) is 0 Å². The fraction of sp³-hybridized carbons (Fsp3) is 0.576. The predicted molar refractivity (Wildman–Crippen MR) is 164 cm³/mol. The number of amides is 2. The number of hydrazone groups is 1. The van der Waals surface area contributed by atoms with Crippen molar-refractivity contribution in [2.24, 2.45) is 33.7 Å². The fourth-order valence-electron chi connectivity index (χ4n) is 9.87. The summed E-state index contributed by atoms with van der Waals surface area (Å²) in [5.41, 5.74) is -0.423. The number of fused-ring (bicyclic) bond motifs is 5. The van der Waals surface area contributed by atoms with E-state index in [1.54, 1.807) is 30.5 Å². The van der Waals surface area contributed by atoms with Crippen LogP contribution in [0, 0.1) is 28.6 Å². The normalized spacial score (nSPS) is 38.3. The number of carbonyl (C=O) groups is 3. The standard InChI is InChI=1S/C33H40N6O7/c1-30-9-6-22-23(33(30,45)12-8-21(30)19-14-25(41)46-16-19)7-11-32(44)15-20(40)5-10-31(22,32)17-37-39-29(43)27-26(35-18-36-27)28(42)38-24-4-2-3-13-34-24/h2-4,13-14,17-18,20-23,40,44-45H,5-12,15-16H2,1H3,(H,35,36)(H,39,43)(H,34,38,42). The average Bonchev–Trinajstić information content (AvgIpc) is 3.75. The number of anilines is 1. The van der Waals surface area contributed by atoms with Gasteiger partial charge in [0.1, 0.15) is 18.1 Å². The van der Waals surface area contributed by atoms with Gasteiger partial charge in [0, 0.05) is 35.7 Å². The van der Waals surface area contributed by atoms with Gasteiger partial charge in [-0.15, -0.1) is 0 Å². The van der Waals surface area contributed by atoms with Crippen LogP contribution in [-0.4, -0.2) is 78.2 Å². The molecule has 13 heteroatoms. The first-order chi connectivity index (χ1) is 22.0. The Labute approximate surface area is 265 Å². The van der Waals surface area contributed by atoms with Crippen LogP contribution in [0.1, 0.15) is 85.7 Å². The topological polar surface area (TPSA) is 199 Å². The zero-order valence-corrected chi connectivity index (χ0v) is 25.7. The van der Waals surface area contributed by atoms with Crippen LogP contribution >= 0.6 is 0 Å². The zero-order valence-electron chi connectivity index (χ0n) is 25.7. The molecule has 4 fully saturated rings. The van der Waals surface area contributed by atoms with Crippen LogP contribution < -0.4 is 10.7 Å². The highest BCUT2D eigenvalue weighted by molar-refractivity contribution is 6.09. The number of H-pyrrole nitrogens is 1. The first-order valence-corrected chi connectivity index (χ1v) is 16.1. The number of rotatable bonds is 6. The quantitative estimate of drug-likeness (QED) is 0.157. The van der Waals surface area contributed by atoms with E-state index in [1.165, 1.54) is 12.5 Å². The molecule has 8 atom stereocenters. The predicted octanol–water partition coefficient (Wildman–Crippen LogP) is 2.49. The maximum Gasteiger partial charge on any atom is 0.331 e. The van der Waals surface area contributed by atoms with Crippen molar-refractivity contribution in [1.29, 1.82) is 0 Å². The molecule has 6 N–H and O–H groups in total. The molecule has 2 aromatic rings. The van der Waals surface area contributed by atoms with E-state index >= 15 is 0 Å². The Morgan fingerprint density at radius 1 is 1.07 bits per heavy atom. The summed E-state index contributed by atoms with van der Waals surface area (Å²) in [6, 6.07) is 5.06. The number of carbonyl (C=O) groups excluding carboxylic acids is 3. The first kappa shape index (κ1) is 30.7. The lowest BCUT2D eigenvalue weighted by Crippen LogP contribution is -2.68. The van der Waals surface area contributed by atoms with Crippen molar-refractivity contribution < 1.29 is 34.4 Å². The van der Waals surface area contributed by atoms with Crippen molar-refractivity contribution in [2.75, 3.05) is 11.9 Å². The molecule has 0 spiro atoms. The van der Waals surface area contributed by atoms with Crippen LogP contribution in [0.5, 0.6) is 0 Å². The van der Waals surface area contributed by atoms with Gasteiger partial charge in [-0.2, -0.15) is 5.10 Å². The van der Waals surface area contributed by atoms with Crippen molar-refractivity contribution in [3.63, 3.8) is 0 Å². The summed E-state index contributed by atoms with van der Waals surface area (Å²) >= 11 is 0. The van der Waals surface area contributed by atoms with Gasteiger partial charge in [-0.25, -0.2) is 20.2 Å². The largest absolute Gasteiger partial charge is 0.458 e. The lowest BCUT2D eigenvalue weighted by molar-refractivity contribution is -0.237. The van der Waals surface area contributed by atoms with Crippen LogP contribution in [0.4, 0.5) is 5.82 Å². The summed E-state index contributed by atoms with van der Waals surface area (Å²) < 4.78 is 5.24. The fourth-order valence-corrected chi connectivity index (χ4v) is 9.87. The first-order valence-electron chi connectivity index (χ1n) is 16.1. The average molecular weight is 633 g/mol. The summed E-state index contributed by atoms with van der Waals surface area (Å²) in [5, 5.41) is 42.4. The smallest absolute Gasteiger partial charge is 0.331 e. The third kappa shape index (κ3) is 4.62. The number of aromatic amines is 1. The number of esters is 1. The summed E-state index contributed by atoms with van der Waals surface area (Å²) in [6.07, 6.45) is 10.1. The van der Waals surface area contributed by atoms with Crippen LogP contribution in [-0.2, 0) is 9.53 Å². The van der Waals surface area contributed by atoms with Crippen molar-refractivity contribution in [3.05, 3.63) is 53.8 Å². The van der Waals surface area contributed by atoms with Crippen molar-refractivity contribution >= 4 is 29.8 Å². The van der Waals surface area contributed by atoms with E-state index in [0.29, 0.717) is 50.8 Å². The molecule has 4 aliphatic carbocycles. The van der Waals surface area contributed by atoms with Crippen LogP contribution in [0.2, 0.25) is 0 Å². The van der Waals surface area contributed by atoms with Crippen LogP contribution in [0.3, 0.4) is 0 Å². The number of aliphatic hydroxyl groups is 3. The van der Waals surface area contributed by atoms with Gasteiger partial charge >= 0.3 is 5.97 Å². The molecule has 3 heterocycles. The number of hydrogen-bond acceptors (Lipinski definition) is 10. The van der Waals surface area contributed by atoms with E-state index in [2.05, 4.69) is 37.7 Å². The molecular weight excluding hydrogens is 592 g/mol. The monoisotopic (exact) mass is 632 g/mol. The molecule has 13 nitrogen and oxygen atoms in total. The van der Waals surface area contributed by atoms with E-state index < -0.39 is 40.0 Å². The molecule has 1 aliphatic heterocycles. The number of cyclic esters (lactones) is 1. The van der Waals surface area contributed by atoms with Crippen molar-refractivity contribution in [2.45, 2.75) is 82.0 Å². The summed E-state index contributed by atoms with van der Waals surface area (Å²) in [6.45, 7) is 2.39. The Hall–Kier alpha value is -3.94. The van der Waals surface area contributed by atoms with E-state index in [4.69, 9.17) is 4.74 Å². The van der Waals surface area contributed by atoms with Gasteiger partial charge in [-0.05, 0) is 86.8 Å². The molecular formula is C33H40N6O7. The molecule has 2 amide bonds. The highest BCUT2D eigenvalue weighted by atomic mass is 16.5. The Morgan fingerprint density at radius 3 is 2.65 bits per heavy atom. The number of aromatic nitrogens is 3. The van der Waals surface area contributed by atoms with Crippen molar-refractivity contribution in [1.82, 2.24) is 20.4 Å². The summed E-state index contributed by atoms with van der Waals surface area (Å²) in [7, 11) is 0. The highest BCUT2D eigenvalue weighted by Crippen LogP contribution is 2.70. The molecule has 46 heavy (non-hydrogen) atoms. The molecule has 0 aromatic carbocycles. The van der Waals surface area contributed by atoms with Crippen LogP contribution in [0.25, 0.3) is 0 Å². The maximum atomic E-state index is 13.2. The van der Waals surface area contributed by atoms with Gasteiger partial charge in [-0.1, -0.05) is 13.0 Å². The minimum absolute atomic E-state index is 0.0284. The number of aliphatic hydroxyl groups excluding tert-OH is 1. The lowest BCUT2D eigenvalue weighted by Gasteiger charge is -2.65. The number of pyridine rings is 1.